The normalized spacial score (nSPS) is 11.6. The molecule has 2 N–H and O–H groups in total. The van der Waals surface area contributed by atoms with E-state index in [9.17, 15) is 9.59 Å². The molecule has 6 heteroatoms. The van der Waals surface area contributed by atoms with Gasteiger partial charge in [-0.2, -0.15) is 0 Å². The van der Waals surface area contributed by atoms with Gasteiger partial charge >= 0.3 is 12.0 Å². The summed E-state index contributed by atoms with van der Waals surface area (Å²) in [7, 11) is 2.94. The number of nitrogens with one attached hydrogen (secondary N) is 1. The Kier molecular flexibility index (Phi) is 7.79. The molecule has 1 atom stereocenters. The largest absolute Gasteiger partial charge is 0.479 e. The van der Waals surface area contributed by atoms with Gasteiger partial charge in [-0.25, -0.2) is 9.59 Å². The number of carboxylic acid groups (broad SMARTS) is 1. The molecule has 0 fully saturated rings. The Hall–Kier alpha value is -1.56. The Morgan fingerprint density at radius 1 is 1.59 bits per heavy atom. The Balaban J connectivity index is 3.91. The lowest BCUT2D eigenvalue weighted by atomic mass is 10.3. The van der Waals surface area contributed by atoms with Gasteiger partial charge in [0.1, 0.15) is 0 Å². The van der Waals surface area contributed by atoms with E-state index in [1.807, 2.05) is 0 Å². The minimum absolute atomic E-state index is 0.0452. The van der Waals surface area contributed by atoms with Crippen LogP contribution < -0.4 is 5.32 Å². The van der Waals surface area contributed by atoms with Gasteiger partial charge in [-0.05, 0) is 12.8 Å². The molecule has 0 heterocycles. The number of urea groups is 1. The summed E-state index contributed by atoms with van der Waals surface area (Å²) in [5, 5.41) is 11.2. The van der Waals surface area contributed by atoms with Crippen molar-refractivity contribution in [1.29, 1.82) is 0 Å². The van der Waals surface area contributed by atoms with E-state index in [2.05, 4.69) is 11.9 Å². The molecule has 0 aliphatic heterocycles. The van der Waals surface area contributed by atoms with E-state index < -0.39 is 12.1 Å². The average Bonchev–Trinajstić information content (AvgIpc) is 2.29. The molecule has 0 aromatic heterocycles. The summed E-state index contributed by atoms with van der Waals surface area (Å²) < 4.78 is 4.69. The second-order valence-electron chi connectivity index (χ2n) is 3.60. The second-order valence-corrected chi connectivity index (χ2v) is 3.60. The van der Waals surface area contributed by atoms with E-state index in [1.165, 1.54) is 12.0 Å². The van der Waals surface area contributed by atoms with Gasteiger partial charge in [-0.1, -0.05) is 6.08 Å². The summed E-state index contributed by atoms with van der Waals surface area (Å²) in [5.74, 6) is -1.10. The molecule has 0 rings (SSSR count). The molecular formula is C11H20N2O4. The monoisotopic (exact) mass is 244 g/mol. The number of hydrogen-bond acceptors (Lipinski definition) is 3. The van der Waals surface area contributed by atoms with Gasteiger partial charge in [0, 0.05) is 20.7 Å². The highest BCUT2D eigenvalue weighted by atomic mass is 16.5. The third-order valence-corrected chi connectivity index (χ3v) is 2.25. The van der Waals surface area contributed by atoms with E-state index >= 15 is 0 Å². The summed E-state index contributed by atoms with van der Waals surface area (Å²) in [6, 6.07) is -0.308. The maximum absolute atomic E-state index is 11.5. The zero-order chi connectivity index (χ0) is 13.3. The minimum Gasteiger partial charge on any atom is -0.479 e. The molecule has 0 saturated heterocycles. The number of allylic oxidation sites excluding steroid dienone is 1. The van der Waals surface area contributed by atoms with Crippen molar-refractivity contribution in [3.05, 3.63) is 12.7 Å². The molecule has 2 amide bonds. The molecule has 0 radical (unpaired) electrons. The molecule has 0 bridgehead atoms. The van der Waals surface area contributed by atoms with Crippen LogP contribution in [0.15, 0.2) is 12.7 Å². The average molecular weight is 244 g/mol. The van der Waals surface area contributed by atoms with Gasteiger partial charge in [0.05, 0.1) is 6.54 Å². The van der Waals surface area contributed by atoms with Crippen molar-refractivity contribution in [3.8, 4) is 0 Å². The highest BCUT2D eigenvalue weighted by molar-refractivity contribution is 5.76. The second kappa shape index (κ2) is 8.58. The van der Waals surface area contributed by atoms with Crippen molar-refractivity contribution in [2.75, 3.05) is 27.2 Å². The van der Waals surface area contributed by atoms with Crippen LogP contribution in [0.25, 0.3) is 0 Å². The number of ether oxygens (including phenoxy) is 1. The van der Waals surface area contributed by atoms with Crippen LogP contribution in [0.1, 0.15) is 12.8 Å². The number of carbonyl (C=O) groups is 2. The first-order valence-electron chi connectivity index (χ1n) is 5.38. The van der Waals surface area contributed by atoms with Crippen LogP contribution in [-0.4, -0.2) is 55.4 Å². The molecule has 0 aromatic rings. The number of hydrogen-bond donors (Lipinski definition) is 2. The van der Waals surface area contributed by atoms with Crippen molar-refractivity contribution < 1.29 is 19.4 Å². The number of methoxy groups -OCH3 is 1. The highest BCUT2D eigenvalue weighted by Gasteiger charge is 2.18. The molecule has 1 unspecified atom stereocenters. The number of unbranched alkanes of at least 4 members (excludes halogenated alkanes) is 1. The topological polar surface area (TPSA) is 78.9 Å². The van der Waals surface area contributed by atoms with E-state index in [4.69, 9.17) is 9.84 Å². The standard InChI is InChI=1S/C11H20N2O4/c1-4-5-6-7-13(2)11(16)12-8-9(17-3)10(14)15/h4,9H,1,5-8H2,2-3H3,(H,12,16)(H,14,15). The molecule has 17 heavy (non-hydrogen) atoms. The number of nitrogens with zero attached hydrogens (tertiary/aromatic N) is 1. The molecule has 0 spiro atoms. The fraction of sp³-hybridized carbons (Fsp3) is 0.636. The van der Waals surface area contributed by atoms with E-state index in [0.29, 0.717) is 6.54 Å². The zero-order valence-electron chi connectivity index (χ0n) is 10.3. The van der Waals surface area contributed by atoms with Gasteiger partial charge in [0.25, 0.3) is 0 Å². The van der Waals surface area contributed by atoms with Gasteiger partial charge in [-0.3, -0.25) is 0 Å². The first kappa shape index (κ1) is 15.4. The summed E-state index contributed by atoms with van der Waals surface area (Å²) in [6.07, 6.45) is 2.45. The van der Waals surface area contributed by atoms with Crippen molar-refractivity contribution in [3.63, 3.8) is 0 Å². The fourth-order valence-corrected chi connectivity index (χ4v) is 1.16. The summed E-state index contributed by atoms with van der Waals surface area (Å²) >= 11 is 0. The number of amides is 2. The first-order valence-corrected chi connectivity index (χ1v) is 5.38. The summed E-state index contributed by atoms with van der Waals surface area (Å²) in [6.45, 7) is 4.15. The maximum atomic E-state index is 11.5. The number of aliphatic carboxylic acids is 1. The van der Waals surface area contributed by atoms with E-state index in [0.717, 1.165) is 12.8 Å². The van der Waals surface area contributed by atoms with Crippen molar-refractivity contribution in [1.82, 2.24) is 10.2 Å². The fourth-order valence-electron chi connectivity index (χ4n) is 1.16. The lowest BCUT2D eigenvalue weighted by Gasteiger charge is -2.19. The van der Waals surface area contributed by atoms with Gasteiger partial charge in [-0.15, -0.1) is 6.58 Å². The van der Waals surface area contributed by atoms with Crippen LogP contribution in [0.2, 0.25) is 0 Å². The Labute approximate surface area is 101 Å². The van der Waals surface area contributed by atoms with Gasteiger partial charge in [0.2, 0.25) is 0 Å². The molecule has 0 aliphatic carbocycles. The predicted molar refractivity (Wildman–Crippen MR) is 63.9 cm³/mol. The molecule has 0 aliphatic rings. The van der Waals surface area contributed by atoms with Crippen molar-refractivity contribution in [2.24, 2.45) is 0 Å². The zero-order valence-corrected chi connectivity index (χ0v) is 10.3. The number of carbonyl (C=O) groups excluding carboxylic acids is 1. The number of rotatable bonds is 8. The Morgan fingerprint density at radius 2 is 2.24 bits per heavy atom. The van der Waals surface area contributed by atoms with Crippen LogP contribution in [0.3, 0.4) is 0 Å². The Bertz CT molecular complexity index is 268. The predicted octanol–water partition coefficient (Wildman–Crippen LogP) is 0.694. The third kappa shape index (κ3) is 6.57. The van der Waals surface area contributed by atoms with Gasteiger partial charge < -0.3 is 20.1 Å². The van der Waals surface area contributed by atoms with Crippen LogP contribution in [0.5, 0.6) is 0 Å². The van der Waals surface area contributed by atoms with Gasteiger partial charge in [0.15, 0.2) is 6.10 Å². The van der Waals surface area contributed by atoms with Crippen LogP contribution in [-0.2, 0) is 9.53 Å². The smallest absolute Gasteiger partial charge is 0.334 e. The quantitative estimate of drug-likeness (QED) is 0.486. The lowest BCUT2D eigenvalue weighted by molar-refractivity contribution is -0.148. The maximum Gasteiger partial charge on any atom is 0.334 e. The Morgan fingerprint density at radius 3 is 2.71 bits per heavy atom. The molecule has 0 aromatic carbocycles. The van der Waals surface area contributed by atoms with Crippen LogP contribution in [0, 0.1) is 0 Å². The number of carboxylic acids is 1. The molecule has 6 nitrogen and oxygen atoms in total. The van der Waals surface area contributed by atoms with E-state index in [-0.39, 0.29) is 12.6 Å². The molecule has 98 valence electrons. The highest BCUT2D eigenvalue weighted by Crippen LogP contribution is 1.94. The van der Waals surface area contributed by atoms with Crippen molar-refractivity contribution >= 4 is 12.0 Å². The molecular weight excluding hydrogens is 224 g/mol. The van der Waals surface area contributed by atoms with E-state index in [1.54, 1.807) is 13.1 Å². The van der Waals surface area contributed by atoms with Crippen LogP contribution in [0.4, 0.5) is 4.79 Å². The minimum atomic E-state index is -1.10. The van der Waals surface area contributed by atoms with Crippen LogP contribution >= 0.6 is 0 Å². The molecule has 0 saturated carbocycles. The first-order chi connectivity index (χ1) is 8.02. The van der Waals surface area contributed by atoms with Crippen molar-refractivity contribution in [2.45, 2.75) is 18.9 Å². The SMILES string of the molecule is C=CCCCN(C)C(=O)NCC(OC)C(=O)O. The third-order valence-electron chi connectivity index (χ3n) is 2.25. The summed E-state index contributed by atoms with van der Waals surface area (Å²) in [4.78, 5) is 23.6. The summed E-state index contributed by atoms with van der Waals surface area (Å²) in [5.41, 5.74) is 0. The lowest BCUT2D eigenvalue weighted by Crippen LogP contribution is -2.43.